The number of anilines is 1. The molecule has 0 bridgehead atoms. The Hall–Kier alpha value is -2.28. The van der Waals surface area contributed by atoms with Crippen LogP contribution in [-0.2, 0) is 10.0 Å². The van der Waals surface area contributed by atoms with Crippen molar-refractivity contribution in [2.24, 2.45) is 0 Å². The molecule has 0 amide bonds. The molecule has 0 radical (unpaired) electrons. The Morgan fingerprint density at radius 1 is 1.00 bits per heavy atom. The van der Waals surface area contributed by atoms with Crippen molar-refractivity contribution < 1.29 is 22.0 Å². The number of hydrogen-bond acceptors (Lipinski definition) is 3. The first-order valence-electron chi connectivity index (χ1n) is 5.90. The van der Waals surface area contributed by atoms with Crippen LogP contribution in [0.2, 0.25) is 0 Å². The second-order valence-corrected chi connectivity index (χ2v) is 5.85. The number of para-hydroxylation sites is 1. The fourth-order valence-corrected chi connectivity index (χ4v) is 2.77. The molecule has 0 spiro atoms. The molecule has 4 nitrogen and oxygen atoms in total. The van der Waals surface area contributed by atoms with Crippen molar-refractivity contribution in [1.29, 1.82) is 0 Å². The zero-order chi connectivity index (χ0) is 15.5. The molecule has 0 aliphatic heterocycles. The van der Waals surface area contributed by atoms with Crippen molar-refractivity contribution >= 4 is 21.5 Å². The van der Waals surface area contributed by atoms with Gasteiger partial charge in [0.2, 0.25) is 5.78 Å². The lowest BCUT2D eigenvalue weighted by molar-refractivity contribution is 0.0678. The van der Waals surface area contributed by atoms with Crippen LogP contribution in [0.3, 0.4) is 0 Å². The lowest BCUT2D eigenvalue weighted by Crippen LogP contribution is -2.15. The van der Waals surface area contributed by atoms with E-state index in [1.807, 2.05) is 0 Å². The van der Waals surface area contributed by atoms with Gasteiger partial charge in [-0.15, -0.1) is 0 Å². The summed E-state index contributed by atoms with van der Waals surface area (Å²) in [6, 6.07) is 12.7. The second-order valence-electron chi connectivity index (χ2n) is 4.16. The van der Waals surface area contributed by atoms with Gasteiger partial charge in [-0.05, 0) is 24.3 Å². The summed E-state index contributed by atoms with van der Waals surface area (Å²) in [6.07, 6.45) is -3.18. The van der Waals surface area contributed by atoms with Gasteiger partial charge in [-0.25, -0.2) is 17.2 Å². The van der Waals surface area contributed by atoms with Crippen molar-refractivity contribution in [3.8, 4) is 0 Å². The van der Waals surface area contributed by atoms with Gasteiger partial charge in [0.25, 0.3) is 10.0 Å². The first-order valence-corrected chi connectivity index (χ1v) is 7.39. The van der Waals surface area contributed by atoms with Crippen molar-refractivity contribution in [1.82, 2.24) is 0 Å². The fraction of sp³-hybridized carbons (Fsp3) is 0.0714. The molecule has 0 unspecified atom stereocenters. The number of alkyl halides is 2. The normalized spacial score (nSPS) is 11.4. The third-order valence-electron chi connectivity index (χ3n) is 2.65. The van der Waals surface area contributed by atoms with Crippen LogP contribution in [-0.4, -0.2) is 20.6 Å². The SMILES string of the molecule is O=C(c1cccc(S(=O)(=O)Nc2ccccc2)c1)C(F)F. The van der Waals surface area contributed by atoms with E-state index in [4.69, 9.17) is 0 Å². The second kappa shape index (κ2) is 6.01. The Morgan fingerprint density at radius 3 is 2.29 bits per heavy atom. The Labute approximate surface area is 120 Å². The Morgan fingerprint density at radius 2 is 1.67 bits per heavy atom. The summed E-state index contributed by atoms with van der Waals surface area (Å²) in [7, 11) is -3.94. The van der Waals surface area contributed by atoms with Crippen molar-refractivity contribution in [3.63, 3.8) is 0 Å². The Kier molecular flexibility index (Phi) is 4.32. The van der Waals surface area contributed by atoms with Gasteiger partial charge in [0, 0.05) is 11.3 Å². The molecule has 0 fully saturated rings. The van der Waals surface area contributed by atoms with E-state index in [-0.39, 0.29) is 10.5 Å². The smallest absolute Gasteiger partial charge is 0.288 e. The minimum absolute atomic E-state index is 0.252. The molecular formula is C14H11F2NO3S. The third-order valence-corrected chi connectivity index (χ3v) is 4.03. The standard InChI is InChI=1S/C14H11F2NO3S/c15-14(16)13(18)10-5-4-8-12(9-10)21(19,20)17-11-6-2-1-3-7-11/h1-9,14,17H. The lowest BCUT2D eigenvalue weighted by Gasteiger charge is -2.09. The van der Waals surface area contributed by atoms with Crippen LogP contribution in [0.25, 0.3) is 0 Å². The predicted molar refractivity (Wildman–Crippen MR) is 74.0 cm³/mol. The maximum atomic E-state index is 12.4. The topological polar surface area (TPSA) is 63.2 Å². The van der Waals surface area contributed by atoms with E-state index in [0.29, 0.717) is 5.69 Å². The van der Waals surface area contributed by atoms with Gasteiger partial charge in [0.15, 0.2) is 0 Å². The number of hydrogen-bond donors (Lipinski definition) is 1. The molecule has 2 aromatic rings. The highest BCUT2D eigenvalue weighted by molar-refractivity contribution is 7.92. The van der Waals surface area contributed by atoms with E-state index in [0.717, 1.165) is 12.1 Å². The highest BCUT2D eigenvalue weighted by Crippen LogP contribution is 2.18. The maximum Gasteiger partial charge on any atom is 0.300 e. The van der Waals surface area contributed by atoms with Crippen LogP contribution < -0.4 is 4.72 Å². The zero-order valence-electron chi connectivity index (χ0n) is 10.7. The molecule has 0 saturated heterocycles. The zero-order valence-corrected chi connectivity index (χ0v) is 11.5. The van der Waals surface area contributed by atoms with E-state index in [1.165, 1.54) is 12.1 Å². The van der Waals surface area contributed by atoms with Crippen LogP contribution in [0.15, 0.2) is 59.5 Å². The summed E-state index contributed by atoms with van der Waals surface area (Å²) in [5, 5.41) is 0. The molecule has 0 aromatic heterocycles. The highest BCUT2D eigenvalue weighted by Gasteiger charge is 2.21. The molecule has 0 aliphatic rings. The Balaban J connectivity index is 2.33. The summed E-state index contributed by atoms with van der Waals surface area (Å²) >= 11 is 0. The number of carbonyl (C=O) groups excluding carboxylic acids is 1. The summed E-state index contributed by atoms with van der Waals surface area (Å²) in [4.78, 5) is 11.0. The molecule has 7 heteroatoms. The molecule has 0 atom stereocenters. The molecule has 21 heavy (non-hydrogen) atoms. The molecule has 1 N–H and O–H groups in total. The molecule has 2 aromatic carbocycles. The van der Waals surface area contributed by atoms with Gasteiger partial charge in [0.05, 0.1) is 4.90 Å². The van der Waals surface area contributed by atoms with Gasteiger partial charge < -0.3 is 0 Å². The van der Waals surface area contributed by atoms with Crippen molar-refractivity contribution in [2.75, 3.05) is 4.72 Å². The van der Waals surface area contributed by atoms with Crippen LogP contribution in [0.4, 0.5) is 14.5 Å². The van der Waals surface area contributed by atoms with Crippen LogP contribution in [0.1, 0.15) is 10.4 Å². The molecule has 0 heterocycles. The third kappa shape index (κ3) is 3.63. The average molecular weight is 311 g/mol. The van der Waals surface area contributed by atoms with Crippen LogP contribution >= 0.6 is 0 Å². The number of carbonyl (C=O) groups is 1. The van der Waals surface area contributed by atoms with E-state index < -0.39 is 22.2 Å². The minimum atomic E-state index is -3.94. The van der Waals surface area contributed by atoms with Gasteiger partial charge in [0.1, 0.15) is 0 Å². The van der Waals surface area contributed by atoms with E-state index in [9.17, 15) is 22.0 Å². The molecular weight excluding hydrogens is 300 g/mol. The molecule has 0 saturated carbocycles. The lowest BCUT2D eigenvalue weighted by atomic mass is 10.1. The average Bonchev–Trinajstić information content (AvgIpc) is 2.47. The minimum Gasteiger partial charge on any atom is -0.288 e. The molecule has 0 aliphatic carbocycles. The number of ketones is 1. The number of benzene rings is 2. The molecule has 2 rings (SSSR count). The number of nitrogens with one attached hydrogen (secondary N) is 1. The predicted octanol–water partition coefficient (Wildman–Crippen LogP) is 2.94. The summed E-state index contributed by atoms with van der Waals surface area (Å²) in [5.41, 5.74) is -0.0102. The maximum absolute atomic E-state index is 12.4. The van der Waals surface area contributed by atoms with Gasteiger partial charge in [-0.1, -0.05) is 30.3 Å². The van der Waals surface area contributed by atoms with E-state index in [1.54, 1.807) is 30.3 Å². The summed E-state index contributed by atoms with van der Waals surface area (Å²) in [6.45, 7) is 0. The van der Waals surface area contributed by atoms with Crippen LogP contribution in [0.5, 0.6) is 0 Å². The first-order chi connectivity index (χ1) is 9.90. The van der Waals surface area contributed by atoms with Gasteiger partial charge in [-0.3, -0.25) is 9.52 Å². The largest absolute Gasteiger partial charge is 0.300 e. The highest BCUT2D eigenvalue weighted by atomic mass is 32.2. The van der Waals surface area contributed by atoms with Crippen LogP contribution in [0, 0.1) is 0 Å². The van der Waals surface area contributed by atoms with Gasteiger partial charge >= 0.3 is 6.43 Å². The Bertz CT molecular complexity index is 746. The summed E-state index contributed by atoms with van der Waals surface area (Å²) < 4.78 is 51.3. The summed E-state index contributed by atoms with van der Waals surface area (Å²) in [5.74, 6) is -1.41. The number of sulfonamides is 1. The quantitative estimate of drug-likeness (QED) is 0.864. The first kappa shape index (κ1) is 15.1. The van der Waals surface area contributed by atoms with Crippen molar-refractivity contribution in [3.05, 3.63) is 60.2 Å². The molecule has 110 valence electrons. The number of Topliss-reactive ketones (excluding diaryl/α,β-unsaturated/α-hetero) is 1. The number of halogens is 2. The van der Waals surface area contributed by atoms with Crippen molar-refractivity contribution in [2.45, 2.75) is 11.3 Å². The number of rotatable bonds is 5. The van der Waals surface area contributed by atoms with Gasteiger partial charge in [-0.2, -0.15) is 0 Å². The monoisotopic (exact) mass is 311 g/mol. The van der Waals surface area contributed by atoms with E-state index >= 15 is 0 Å². The van der Waals surface area contributed by atoms with E-state index in [2.05, 4.69) is 4.72 Å². The fourth-order valence-electron chi connectivity index (χ4n) is 1.66.